The van der Waals surface area contributed by atoms with Crippen LogP contribution in [0.4, 0.5) is 5.69 Å². The molecule has 0 atom stereocenters. The summed E-state index contributed by atoms with van der Waals surface area (Å²) in [4.78, 5) is 12.2. The number of thioether (sulfide) groups is 1. The Hall–Kier alpha value is -2.23. The molecular weight excluding hydrogens is 400 g/mol. The first-order chi connectivity index (χ1) is 13.4. The van der Waals surface area contributed by atoms with Crippen molar-refractivity contribution < 1.29 is 22.7 Å². The predicted molar refractivity (Wildman–Crippen MR) is 112 cm³/mol. The molecule has 0 saturated heterocycles. The number of anilines is 1. The van der Waals surface area contributed by atoms with Crippen molar-refractivity contribution in [3.05, 3.63) is 48.0 Å². The number of nitrogens with one attached hydrogen (secondary N) is 2. The zero-order valence-corrected chi connectivity index (χ0v) is 17.7. The molecule has 7 nitrogen and oxygen atoms in total. The Morgan fingerprint density at radius 3 is 2.43 bits per heavy atom. The van der Waals surface area contributed by atoms with E-state index in [4.69, 9.17) is 9.47 Å². The summed E-state index contributed by atoms with van der Waals surface area (Å²) in [5.41, 5.74) is 1.05. The van der Waals surface area contributed by atoms with Gasteiger partial charge >= 0.3 is 0 Å². The molecule has 152 valence electrons. The van der Waals surface area contributed by atoms with Crippen LogP contribution < -0.4 is 19.5 Å². The van der Waals surface area contributed by atoms with Crippen LogP contribution >= 0.6 is 11.8 Å². The van der Waals surface area contributed by atoms with Gasteiger partial charge in [0.1, 0.15) is 11.5 Å². The minimum Gasteiger partial charge on any atom is -0.497 e. The minimum absolute atomic E-state index is 0.147. The Balaban J connectivity index is 1.77. The van der Waals surface area contributed by atoms with Gasteiger partial charge in [0.15, 0.2) is 0 Å². The Bertz CT molecular complexity index is 899. The molecule has 0 fully saturated rings. The van der Waals surface area contributed by atoms with E-state index in [0.29, 0.717) is 23.6 Å². The molecule has 0 unspecified atom stereocenters. The molecule has 2 N–H and O–H groups in total. The van der Waals surface area contributed by atoms with E-state index >= 15 is 0 Å². The molecule has 0 aliphatic carbocycles. The third kappa shape index (κ3) is 6.43. The predicted octanol–water partition coefficient (Wildman–Crippen LogP) is 2.66. The number of benzene rings is 2. The molecule has 9 heteroatoms. The summed E-state index contributed by atoms with van der Waals surface area (Å²) in [6.07, 6.45) is 0. The maximum atomic E-state index is 12.1. The highest BCUT2D eigenvalue weighted by Gasteiger charge is 2.15. The van der Waals surface area contributed by atoms with Crippen LogP contribution in [0.25, 0.3) is 0 Å². The molecule has 0 heterocycles. The van der Waals surface area contributed by atoms with E-state index in [1.807, 2.05) is 24.3 Å². The van der Waals surface area contributed by atoms with Gasteiger partial charge in [0.25, 0.3) is 0 Å². The van der Waals surface area contributed by atoms with Gasteiger partial charge < -0.3 is 14.8 Å². The van der Waals surface area contributed by atoms with Gasteiger partial charge in [-0.3, -0.25) is 4.79 Å². The monoisotopic (exact) mass is 424 g/mol. The molecule has 0 bridgehead atoms. The Morgan fingerprint density at radius 2 is 1.79 bits per heavy atom. The van der Waals surface area contributed by atoms with Gasteiger partial charge in [-0.1, -0.05) is 6.07 Å². The molecule has 0 aliphatic heterocycles. The first-order valence-electron chi connectivity index (χ1n) is 8.54. The molecule has 1 amide bonds. The Labute approximate surface area is 169 Å². The Morgan fingerprint density at radius 1 is 1.11 bits per heavy atom. The van der Waals surface area contributed by atoms with Crippen LogP contribution in [-0.4, -0.2) is 46.6 Å². The van der Waals surface area contributed by atoms with Gasteiger partial charge in [0, 0.05) is 11.4 Å². The number of ether oxygens (including phenoxy) is 2. The molecule has 2 rings (SSSR count). The second-order valence-electron chi connectivity index (χ2n) is 5.81. The fourth-order valence-corrected chi connectivity index (χ4v) is 3.93. The quantitative estimate of drug-likeness (QED) is 0.570. The van der Waals surface area contributed by atoms with Crippen LogP contribution in [-0.2, 0) is 14.8 Å². The zero-order valence-electron chi connectivity index (χ0n) is 16.0. The lowest BCUT2D eigenvalue weighted by molar-refractivity contribution is -0.113. The first kappa shape index (κ1) is 22.1. The van der Waals surface area contributed by atoms with Crippen molar-refractivity contribution in [2.24, 2.45) is 0 Å². The number of rotatable bonds is 10. The lowest BCUT2D eigenvalue weighted by atomic mass is 10.2. The summed E-state index contributed by atoms with van der Waals surface area (Å²) in [5.74, 6) is 2.19. The molecule has 0 radical (unpaired) electrons. The largest absolute Gasteiger partial charge is 0.497 e. The molecule has 2 aromatic carbocycles. The SMILES string of the molecule is CNS(=O)(=O)c1cc(NC(=O)CSCCOc2ccc(OC)cc2)ccc1C. The van der Waals surface area contributed by atoms with Gasteiger partial charge in [-0.15, -0.1) is 11.8 Å². The van der Waals surface area contributed by atoms with Gasteiger partial charge in [-0.05, 0) is 55.9 Å². The maximum absolute atomic E-state index is 12.1. The van der Waals surface area contributed by atoms with E-state index in [9.17, 15) is 13.2 Å². The molecule has 0 aromatic heterocycles. The van der Waals surface area contributed by atoms with Gasteiger partial charge in [0.05, 0.1) is 24.4 Å². The fourth-order valence-electron chi connectivity index (χ4n) is 2.33. The smallest absolute Gasteiger partial charge is 0.240 e. The topological polar surface area (TPSA) is 93.7 Å². The van der Waals surface area contributed by atoms with Crippen molar-refractivity contribution in [3.8, 4) is 11.5 Å². The number of aryl methyl sites for hydroxylation is 1. The number of sulfonamides is 1. The summed E-state index contributed by atoms with van der Waals surface area (Å²) in [6.45, 7) is 2.17. The van der Waals surface area contributed by atoms with E-state index < -0.39 is 10.0 Å². The third-order valence-corrected chi connectivity index (χ3v) is 6.30. The molecule has 28 heavy (non-hydrogen) atoms. The van der Waals surface area contributed by atoms with Crippen molar-refractivity contribution in [1.29, 1.82) is 0 Å². The number of hydrogen-bond acceptors (Lipinski definition) is 6. The van der Waals surface area contributed by atoms with Crippen molar-refractivity contribution in [2.75, 3.05) is 37.6 Å². The number of hydrogen-bond donors (Lipinski definition) is 2. The molecule has 2 aromatic rings. The Kier molecular flexibility index (Phi) is 8.16. The molecule has 0 spiro atoms. The van der Waals surface area contributed by atoms with Crippen LogP contribution in [0.1, 0.15) is 5.56 Å². The first-order valence-corrected chi connectivity index (χ1v) is 11.2. The van der Waals surface area contributed by atoms with Crippen LogP contribution in [0.3, 0.4) is 0 Å². The van der Waals surface area contributed by atoms with Crippen LogP contribution in [0.15, 0.2) is 47.4 Å². The van der Waals surface area contributed by atoms with Crippen molar-refractivity contribution in [2.45, 2.75) is 11.8 Å². The third-order valence-electron chi connectivity index (χ3n) is 3.82. The summed E-state index contributed by atoms with van der Waals surface area (Å²) in [7, 11) is -0.616. The summed E-state index contributed by atoms with van der Waals surface area (Å²) >= 11 is 1.43. The summed E-state index contributed by atoms with van der Waals surface area (Å²) in [5, 5.41) is 2.72. The van der Waals surface area contributed by atoms with E-state index in [2.05, 4.69) is 10.0 Å². The normalized spacial score (nSPS) is 11.1. The number of carbonyl (C=O) groups excluding carboxylic acids is 1. The van der Waals surface area contributed by atoms with E-state index in [-0.39, 0.29) is 16.6 Å². The molecule has 0 aliphatic rings. The zero-order chi connectivity index (χ0) is 20.6. The number of amides is 1. The maximum Gasteiger partial charge on any atom is 0.240 e. The highest BCUT2D eigenvalue weighted by molar-refractivity contribution is 7.99. The van der Waals surface area contributed by atoms with Crippen LogP contribution in [0.2, 0.25) is 0 Å². The van der Waals surface area contributed by atoms with Gasteiger partial charge in [-0.25, -0.2) is 13.1 Å². The van der Waals surface area contributed by atoms with Gasteiger partial charge in [-0.2, -0.15) is 0 Å². The molecule has 0 saturated carbocycles. The number of carbonyl (C=O) groups is 1. The van der Waals surface area contributed by atoms with E-state index in [1.165, 1.54) is 24.9 Å². The van der Waals surface area contributed by atoms with E-state index in [0.717, 1.165) is 11.5 Å². The summed E-state index contributed by atoms with van der Waals surface area (Å²) in [6, 6.07) is 12.1. The average Bonchev–Trinajstić information content (AvgIpc) is 2.69. The van der Waals surface area contributed by atoms with Crippen molar-refractivity contribution >= 4 is 33.4 Å². The lowest BCUT2D eigenvalue weighted by Crippen LogP contribution is -2.20. The highest BCUT2D eigenvalue weighted by atomic mass is 32.2. The van der Waals surface area contributed by atoms with Crippen LogP contribution in [0, 0.1) is 6.92 Å². The number of methoxy groups -OCH3 is 1. The minimum atomic E-state index is -3.57. The van der Waals surface area contributed by atoms with E-state index in [1.54, 1.807) is 26.2 Å². The highest BCUT2D eigenvalue weighted by Crippen LogP contribution is 2.20. The standard InChI is InChI=1S/C19H24N2O5S2/c1-14-4-5-15(12-18(14)28(23,24)20-2)21-19(22)13-27-11-10-26-17-8-6-16(25-3)7-9-17/h4-9,12,20H,10-11,13H2,1-3H3,(H,21,22). The second-order valence-corrected chi connectivity index (χ2v) is 8.77. The average molecular weight is 425 g/mol. The van der Waals surface area contributed by atoms with Crippen molar-refractivity contribution in [1.82, 2.24) is 4.72 Å². The lowest BCUT2D eigenvalue weighted by Gasteiger charge is -2.10. The molecular formula is C19H24N2O5S2. The fraction of sp³-hybridized carbons (Fsp3) is 0.316. The second kappa shape index (κ2) is 10.4. The van der Waals surface area contributed by atoms with Crippen molar-refractivity contribution in [3.63, 3.8) is 0 Å². The summed E-state index contributed by atoms with van der Waals surface area (Å²) < 4.78 is 37.0. The van der Waals surface area contributed by atoms with Crippen LogP contribution in [0.5, 0.6) is 11.5 Å². The van der Waals surface area contributed by atoms with Gasteiger partial charge in [0.2, 0.25) is 15.9 Å².